The molecule has 3 heteroatoms. The molecule has 1 aliphatic carbocycles. The monoisotopic (exact) mass is 288 g/mol. The van der Waals surface area contributed by atoms with E-state index in [0.29, 0.717) is 5.92 Å². The molecule has 3 nitrogen and oxygen atoms in total. The Morgan fingerprint density at radius 1 is 1.24 bits per heavy atom. The summed E-state index contributed by atoms with van der Waals surface area (Å²) in [5.41, 5.74) is 9.05. The fraction of sp³-hybridized carbons (Fsp3) is 0.667. The lowest BCUT2D eigenvalue weighted by Crippen LogP contribution is -2.47. The molecule has 2 aliphatic rings. The van der Waals surface area contributed by atoms with E-state index in [4.69, 9.17) is 5.73 Å². The third kappa shape index (κ3) is 3.31. The van der Waals surface area contributed by atoms with Gasteiger partial charge in [0.15, 0.2) is 0 Å². The van der Waals surface area contributed by atoms with Crippen molar-refractivity contribution in [2.45, 2.75) is 50.6 Å². The summed E-state index contributed by atoms with van der Waals surface area (Å²) in [6.45, 7) is 3.50. The fourth-order valence-electron chi connectivity index (χ4n) is 4.11. The van der Waals surface area contributed by atoms with Gasteiger partial charge in [-0.2, -0.15) is 0 Å². The molecule has 0 radical (unpaired) electrons. The molecule has 1 heterocycles. The van der Waals surface area contributed by atoms with Crippen LogP contribution in [0.15, 0.2) is 24.3 Å². The summed E-state index contributed by atoms with van der Waals surface area (Å²) in [5, 5.41) is 9.57. The Labute approximate surface area is 128 Å². The molecule has 1 fully saturated rings. The summed E-state index contributed by atoms with van der Waals surface area (Å²) in [5.74, 6) is 0.487. The van der Waals surface area contributed by atoms with Gasteiger partial charge in [0.05, 0.1) is 6.61 Å². The van der Waals surface area contributed by atoms with Crippen molar-refractivity contribution in [1.82, 2.24) is 4.90 Å². The van der Waals surface area contributed by atoms with E-state index in [9.17, 15) is 5.11 Å². The quantitative estimate of drug-likeness (QED) is 0.894. The van der Waals surface area contributed by atoms with Gasteiger partial charge in [0.25, 0.3) is 0 Å². The highest BCUT2D eigenvalue weighted by Gasteiger charge is 2.38. The first-order valence-electron chi connectivity index (χ1n) is 8.40. The van der Waals surface area contributed by atoms with Crippen LogP contribution in [0.5, 0.6) is 0 Å². The van der Waals surface area contributed by atoms with Gasteiger partial charge in [-0.15, -0.1) is 0 Å². The predicted octanol–water partition coefficient (Wildman–Crippen LogP) is 2.31. The smallest absolute Gasteiger partial charge is 0.0613 e. The molecule has 0 bridgehead atoms. The number of nitrogens with zero attached hydrogens (tertiary/aromatic N) is 1. The van der Waals surface area contributed by atoms with Crippen molar-refractivity contribution in [1.29, 1.82) is 0 Å². The van der Waals surface area contributed by atoms with Crippen molar-refractivity contribution >= 4 is 0 Å². The van der Waals surface area contributed by atoms with E-state index in [1.165, 1.54) is 43.4 Å². The minimum Gasteiger partial charge on any atom is -0.394 e. The molecule has 3 N–H and O–H groups in total. The van der Waals surface area contributed by atoms with Crippen LogP contribution in [0.1, 0.15) is 43.2 Å². The molecule has 0 amide bonds. The zero-order valence-electron chi connectivity index (χ0n) is 12.9. The number of aliphatic hydroxyl groups excluding tert-OH is 1. The molecule has 2 atom stereocenters. The lowest BCUT2D eigenvalue weighted by Gasteiger charge is -2.31. The van der Waals surface area contributed by atoms with Crippen LogP contribution in [-0.2, 0) is 13.0 Å². The maximum Gasteiger partial charge on any atom is 0.0613 e. The highest BCUT2D eigenvalue weighted by atomic mass is 16.3. The molecule has 1 aromatic carbocycles. The lowest BCUT2D eigenvalue weighted by molar-refractivity contribution is 0.142. The number of benzene rings is 1. The summed E-state index contributed by atoms with van der Waals surface area (Å²) in [6, 6.07) is 8.84. The summed E-state index contributed by atoms with van der Waals surface area (Å²) in [7, 11) is 0. The summed E-state index contributed by atoms with van der Waals surface area (Å²) < 4.78 is 0. The van der Waals surface area contributed by atoms with Crippen LogP contribution in [0, 0.1) is 5.92 Å². The van der Waals surface area contributed by atoms with Crippen LogP contribution in [0.2, 0.25) is 0 Å². The van der Waals surface area contributed by atoms with Gasteiger partial charge in [-0.3, -0.25) is 4.90 Å². The average molecular weight is 288 g/mol. The number of hydrogen-bond donors (Lipinski definition) is 2. The molecule has 116 valence electrons. The van der Waals surface area contributed by atoms with Gasteiger partial charge in [0.2, 0.25) is 0 Å². The molecule has 1 aromatic rings. The van der Waals surface area contributed by atoms with Gasteiger partial charge >= 0.3 is 0 Å². The SMILES string of the molecule is NC1(CO)CCCC1CCN1CCCc2ccccc2C1. The van der Waals surface area contributed by atoms with Crippen LogP contribution in [-0.4, -0.2) is 35.2 Å². The molecular formula is C18H28N2O. The third-order valence-corrected chi connectivity index (χ3v) is 5.53. The van der Waals surface area contributed by atoms with Gasteiger partial charge in [-0.1, -0.05) is 30.7 Å². The van der Waals surface area contributed by atoms with Crippen molar-refractivity contribution in [3.8, 4) is 0 Å². The number of aryl methyl sites for hydroxylation is 1. The molecule has 0 aromatic heterocycles. The Bertz CT molecular complexity index is 476. The molecule has 3 rings (SSSR count). The van der Waals surface area contributed by atoms with Crippen molar-refractivity contribution in [3.05, 3.63) is 35.4 Å². The molecule has 21 heavy (non-hydrogen) atoms. The topological polar surface area (TPSA) is 49.5 Å². The Morgan fingerprint density at radius 3 is 2.86 bits per heavy atom. The highest BCUT2D eigenvalue weighted by Crippen LogP contribution is 2.36. The van der Waals surface area contributed by atoms with Crippen LogP contribution in [0.25, 0.3) is 0 Å². The first-order valence-corrected chi connectivity index (χ1v) is 8.40. The first-order chi connectivity index (χ1) is 10.2. The predicted molar refractivity (Wildman–Crippen MR) is 86.0 cm³/mol. The van der Waals surface area contributed by atoms with Crippen molar-refractivity contribution < 1.29 is 5.11 Å². The van der Waals surface area contributed by atoms with E-state index in [2.05, 4.69) is 29.2 Å². The third-order valence-electron chi connectivity index (χ3n) is 5.53. The van der Waals surface area contributed by atoms with Crippen LogP contribution in [0.4, 0.5) is 0 Å². The molecular weight excluding hydrogens is 260 g/mol. The second-order valence-corrected chi connectivity index (χ2v) is 6.92. The zero-order chi connectivity index (χ0) is 14.7. The Kier molecular flexibility index (Phi) is 4.63. The largest absolute Gasteiger partial charge is 0.394 e. The van der Waals surface area contributed by atoms with Gasteiger partial charge in [0.1, 0.15) is 0 Å². The maximum atomic E-state index is 9.57. The number of rotatable bonds is 4. The Morgan fingerprint density at radius 2 is 2.05 bits per heavy atom. The molecule has 1 saturated carbocycles. The average Bonchev–Trinajstić information content (AvgIpc) is 2.75. The Balaban J connectivity index is 1.59. The molecule has 1 aliphatic heterocycles. The van der Waals surface area contributed by atoms with Gasteiger partial charge in [-0.25, -0.2) is 0 Å². The number of nitrogens with two attached hydrogens (primary N) is 1. The standard InChI is InChI=1S/C18H28N2O/c19-18(14-21)10-3-8-17(18)9-12-20-11-4-7-15-5-1-2-6-16(15)13-20/h1-2,5-6,17,21H,3-4,7-14,19H2. The molecule has 2 unspecified atom stereocenters. The highest BCUT2D eigenvalue weighted by molar-refractivity contribution is 5.28. The second kappa shape index (κ2) is 6.47. The number of hydrogen-bond acceptors (Lipinski definition) is 3. The van der Waals surface area contributed by atoms with Crippen molar-refractivity contribution in [2.24, 2.45) is 11.7 Å². The van der Waals surface area contributed by atoms with Crippen molar-refractivity contribution in [2.75, 3.05) is 19.7 Å². The van der Waals surface area contributed by atoms with Crippen LogP contribution in [0.3, 0.4) is 0 Å². The lowest BCUT2D eigenvalue weighted by atomic mass is 9.86. The van der Waals surface area contributed by atoms with Gasteiger partial charge in [0, 0.05) is 12.1 Å². The van der Waals surface area contributed by atoms with E-state index in [1.807, 2.05) is 0 Å². The summed E-state index contributed by atoms with van der Waals surface area (Å²) >= 11 is 0. The normalized spacial score (nSPS) is 30.1. The molecule has 0 saturated heterocycles. The molecule has 0 spiro atoms. The van der Waals surface area contributed by atoms with E-state index >= 15 is 0 Å². The van der Waals surface area contributed by atoms with Crippen molar-refractivity contribution in [3.63, 3.8) is 0 Å². The fourth-order valence-corrected chi connectivity index (χ4v) is 4.11. The van der Waals surface area contributed by atoms with E-state index in [1.54, 1.807) is 0 Å². The number of fused-ring (bicyclic) bond motifs is 1. The van der Waals surface area contributed by atoms with E-state index < -0.39 is 0 Å². The number of aliphatic hydroxyl groups is 1. The minimum atomic E-state index is -0.316. The van der Waals surface area contributed by atoms with E-state index in [0.717, 1.165) is 25.9 Å². The van der Waals surface area contributed by atoms with E-state index in [-0.39, 0.29) is 12.1 Å². The first kappa shape index (κ1) is 15.0. The maximum absolute atomic E-state index is 9.57. The van der Waals surface area contributed by atoms with Crippen LogP contribution < -0.4 is 5.73 Å². The minimum absolute atomic E-state index is 0.139. The summed E-state index contributed by atoms with van der Waals surface area (Å²) in [4.78, 5) is 2.57. The van der Waals surface area contributed by atoms with Gasteiger partial charge < -0.3 is 10.8 Å². The van der Waals surface area contributed by atoms with Gasteiger partial charge in [-0.05, 0) is 62.2 Å². The summed E-state index contributed by atoms with van der Waals surface area (Å²) in [6.07, 6.45) is 6.91. The zero-order valence-corrected chi connectivity index (χ0v) is 12.9. The second-order valence-electron chi connectivity index (χ2n) is 6.92. The Hall–Kier alpha value is -0.900. The van der Waals surface area contributed by atoms with Crippen LogP contribution >= 0.6 is 0 Å².